The summed E-state index contributed by atoms with van der Waals surface area (Å²) < 4.78 is 18.0. The van der Waals surface area contributed by atoms with Crippen LogP contribution in [0, 0.1) is 15.9 Å². The van der Waals surface area contributed by atoms with Gasteiger partial charge in [0.05, 0.1) is 10.5 Å². The van der Waals surface area contributed by atoms with E-state index in [1.807, 2.05) is 0 Å². The summed E-state index contributed by atoms with van der Waals surface area (Å²) in [6, 6.07) is 5.22. The summed E-state index contributed by atoms with van der Waals surface area (Å²) in [6.07, 6.45) is 0. The number of nitro benzene ring substituents is 1. The van der Waals surface area contributed by atoms with Gasteiger partial charge in [-0.05, 0) is 24.3 Å². The average Bonchev–Trinajstić information content (AvgIpc) is 2.53. The van der Waals surface area contributed by atoms with Crippen molar-refractivity contribution < 1.29 is 23.6 Å². The van der Waals surface area contributed by atoms with Crippen molar-refractivity contribution in [3.8, 4) is 0 Å². The number of amides is 1. The van der Waals surface area contributed by atoms with Gasteiger partial charge < -0.3 is 10.1 Å². The molecule has 0 bridgehead atoms. The molecular formula is C14H8Cl2FN3O5. The van der Waals surface area contributed by atoms with Crippen LogP contribution in [0.15, 0.2) is 30.3 Å². The molecule has 1 amide bonds. The van der Waals surface area contributed by atoms with Crippen molar-refractivity contribution in [3.05, 3.63) is 62.1 Å². The maximum atomic E-state index is 13.2. The second-order valence-electron chi connectivity index (χ2n) is 4.55. The number of benzene rings is 1. The van der Waals surface area contributed by atoms with Gasteiger partial charge in [-0.15, -0.1) is 0 Å². The highest BCUT2D eigenvalue weighted by Crippen LogP contribution is 2.21. The van der Waals surface area contributed by atoms with E-state index in [4.69, 9.17) is 27.9 Å². The van der Waals surface area contributed by atoms with Crippen molar-refractivity contribution in [2.75, 3.05) is 11.9 Å². The monoisotopic (exact) mass is 387 g/mol. The van der Waals surface area contributed by atoms with Gasteiger partial charge in [0.1, 0.15) is 10.3 Å². The smallest absolute Gasteiger partial charge is 0.338 e. The lowest BCUT2D eigenvalue weighted by atomic mass is 10.2. The van der Waals surface area contributed by atoms with E-state index in [-0.39, 0.29) is 21.6 Å². The number of ether oxygens (including phenoxy) is 1. The van der Waals surface area contributed by atoms with Gasteiger partial charge in [-0.2, -0.15) is 4.39 Å². The lowest BCUT2D eigenvalue weighted by molar-refractivity contribution is -0.387. The highest BCUT2D eigenvalue weighted by Gasteiger charge is 2.16. The molecule has 25 heavy (non-hydrogen) atoms. The molecule has 0 saturated carbocycles. The molecule has 1 heterocycles. The second-order valence-corrected chi connectivity index (χ2v) is 5.32. The Bertz CT molecular complexity index is 842. The molecule has 0 aliphatic carbocycles. The van der Waals surface area contributed by atoms with Crippen LogP contribution in [0.3, 0.4) is 0 Å². The Labute approximate surface area is 149 Å². The molecule has 0 unspecified atom stereocenters. The van der Waals surface area contributed by atoms with E-state index in [9.17, 15) is 24.1 Å². The van der Waals surface area contributed by atoms with Gasteiger partial charge in [-0.1, -0.05) is 23.2 Å². The third kappa shape index (κ3) is 5.10. The van der Waals surface area contributed by atoms with Crippen molar-refractivity contribution in [2.45, 2.75) is 0 Å². The van der Waals surface area contributed by atoms with E-state index in [0.717, 1.165) is 18.2 Å². The van der Waals surface area contributed by atoms with Gasteiger partial charge in [0, 0.05) is 11.8 Å². The number of hydrogen-bond donors (Lipinski definition) is 1. The number of esters is 1. The van der Waals surface area contributed by atoms with Crippen molar-refractivity contribution in [1.82, 2.24) is 4.98 Å². The topological polar surface area (TPSA) is 111 Å². The van der Waals surface area contributed by atoms with E-state index in [1.165, 1.54) is 12.1 Å². The first-order valence-corrected chi connectivity index (χ1v) is 7.26. The third-order valence-corrected chi connectivity index (χ3v) is 3.15. The first-order chi connectivity index (χ1) is 11.8. The lowest BCUT2D eigenvalue weighted by Gasteiger charge is -2.07. The Kier molecular flexibility index (Phi) is 5.84. The number of rotatable bonds is 5. The maximum absolute atomic E-state index is 13.2. The van der Waals surface area contributed by atoms with E-state index >= 15 is 0 Å². The van der Waals surface area contributed by atoms with E-state index in [2.05, 4.69) is 10.3 Å². The number of anilines is 1. The predicted molar refractivity (Wildman–Crippen MR) is 86.2 cm³/mol. The Hall–Kier alpha value is -2.78. The van der Waals surface area contributed by atoms with E-state index in [0.29, 0.717) is 0 Å². The van der Waals surface area contributed by atoms with Crippen LogP contribution in [0.1, 0.15) is 10.4 Å². The Morgan fingerprint density at radius 3 is 2.48 bits per heavy atom. The van der Waals surface area contributed by atoms with Crippen LogP contribution >= 0.6 is 23.2 Å². The minimum Gasteiger partial charge on any atom is -0.452 e. The van der Waals surface area contributed by atoms with Crippen LogP contribution in [-0.4, -0.2) is 28.4 Å². The Morgan fingerprint density at radius 2 is 1.88 bits per heavy atom. The lowest BCUT2D eigenvalue weighted by Crippen LogP contribution is -2.21. The summed E-state index contributed by atoms with van der Waals surface area (Å²) in [4.78, 5) is 36.9. The molecule has 0 atom stereocenters. The molecule has 130 valence electrons. The molecule has 0 aliphatic rings. The van der Waals surface area contributed by atoms with Crippen LogP contribution in [-0.2, 0) is 9.53 Å². The third-order valence-electron chi connectivity index (χ3n) is 2.76. The van der Waals surface area contributed by atoms with E-state index < -0.39 is 34.9 Å². The van der Waals surface area contributed by atoms with Crippen LogP contribution < -0.4 is 5.32 Å². The van der Waals surface area contributed by atoms with Crippen molar-refractivity contribution in [3.63, 3.8) is 0 Å². The zero-order valence-electron chi connectivity index (χ0n) is 12.2. The van der Waals surface area contributed by atoms with Crippen LogP contribution in [0.2, 0.25) is 10.3 Å². The summed E-state index contributed by atoms with van der Waals surface area (Å²) in [7, 11) is 0. The standard InChI is InChI=1S/C14H8Cl2FN3O5/c15-11-3-7(4-12(16)19-11)14(22)25-6-13(21)18-8-1-2-9(17)10(5-8)20(23)24/h1-5H,6H2,(H,18,21). The average molecular weight is 388 g/mol. The number of halogens is 3. The molecule has 1 aromatic carbocycles. The molecule has 1 N–H and O–H groups in total. The quantitative estimate of drug-likeness (QED) is 0.364. The van der Waals surface area contributed by atoms with E-state index in [1.54, 1.807) is 0 Å². The van der Waals surface area contributed by atoms with Crippen LogP contribution in [0.25, 0.3) is 0 Å². The molecule has 8 nitrogen and oxygen atoms in total. The van der Waals surface area contributed by atoms with Gasteiger partial charge in [0.15, 0.2) is 6.61 Å². The van der Waals surface area contributed by atoms with Crippen LogP contribution in [0.5, 0.6) is 0 Å². The molecule has 2 rings (SSSR count). The minimum atomic E-state index is -1.04. The number of hydrogen-bond acceptors (Lipinski definition) is 6. The predicted octanol–water partition coefficient (Wildman–Crippen LogP) is 3.23. The number of aromatic nitrogens is 1. The Morgan fingerprint density at radius 1 is 1.24 bits per heavy atom. The molecule has 0 radical (unpaired) electrons. The first-order valence-electron chi connectivity index (χ1n) is 6.50. The van der Waals surface area contributed by atoms with Crippen molar-refractivity contribution in [1.29, 1.82) is 0 Å². The molecule has 11 heteroatoms. The first kappa shape index (κ1) is 18.6. The summed E-state index contributed by atoms with van der Waals surface area (Å²) >= 11 is 11.3. The number of carbonyl (C=O) groups excluding carboxylic acids is 2. The van der Waals surface area contributed by atoms with Gasteiger partial charge in [0.2, 0.25) is 5.82 Å². The number of nitrogens with zero attached hydrogens (tertiary/aromatic N) is 2. The molecular weight excluding hydrogens is 380 g/mol. The van der Waals surface area contributed by atoms with Gasteiger partial charge >= 0.3 is 11.7 Å². The molecule has 2 aromatic rings. The summed E-state index contributed by atoms with van der Waals surface area (Å²) in [5, 5.41) is 12.8. The van der Waals surface area contributed by atoms with Crippen molar-refractivity contribution >= 4 is 46.5 Å². The highest BCUT2D eigenvalue weighted by atomic mass is 35.5. The Balaban J connectivity index is 1.98. The van der Waals surface area contributed by atoms with Crippen molar-refractivity contribution in [2.24, 2.45) is 0 Å². The SMILES string of the molecule is O=C(COC(=O)c1cc(Cl)nc(Cl)c1)Nc1ccc(F)c([N+](=O)[O-])c1. The van der Waals surface area contributed by atoms with Gasteiger partial charge in [0.25, 0.3) is 5.91 Å². The zero-order valence-corrected chi connectivity index (χ0v) is 13.7. The van der Waals surface area contributed by atoms with Crippen LogP contribution in [0.4, 0.5) is 15.8 Å². The number of nitrogens with one attached hydrogen (secondary N) is 1. The fourth-order valence-corrected chi connectivity index (χ4v) is 2.19. The van der Waals surface area contributed by atoms with Gasteiger partial charge in [-0.3, -0.25) is 14.9 Å². The normalized spacial score (nSPS) is 10.2. The summed E-state index contributed by atoms with van der Waals surface area (Å²) in [5.41, 5.74) is -0.824. The number of nitro groups is 1. The molecule has 1 aromatic heterocycles. The summed E-state index contributed by atoms with van der Waals surface area (Å²) in [5.74, 6) is -2.69. The second kappa shape index (κ2) is 7.86. The molecule has 0 aliphatic heterocycles. The number of pyridine rings is 1. The number of carbonyl (C=O) groups is 2. The molecule has 0 spiro atoms. The van der Waals surface area contributed by atoms with Gasteiger partial charge in [-0.25, -0.2) is 9.78 Å². The minimum absolute atomic E-state index is 0.00443. The largest absolute Gasteiger partial charge is 0.452 e. The fourth-order valence-electron chi connectivity index (χ4n) is 1.72. The fraction of sp³-hybridized carbons (Fsp3) is 0.0714. The summed E-state index contributed by atoms with van der Waals surface area (Å²) in [6.45, 7) is -0.679. The molecule has 0 fully saturated rings. The highest BCUT2D eigenvalue weighted by molar-refractivity contribution is 6.32. The maximum Gasteiger partial charge on any atom is 0.338 e. The zero-order chi connectivity index (χ0) is 18.6. The molecule has 0 saturated heterocycles.